The van der Waals surface area contributed by atoms with Gasteiger partial charge in [-0.25, -0.2) is 14.4 Å². The predicted octanol–water partition coefficient (Wildman–Crippen LogP) is 5.88. The molecule has 2 amide bonds. The van der Waals surface area contributed by atoms with Crippen LogP contribution in [0.2, 0.25) is 15.1 Å². The van der Waals surface area contributed by atoms with Crippen LogP contribution in [0.15, 0.2) is 36.4 Å². The van der Waals surface area contributed by atoms with Gasteiger partial charge in [-0.1, -0.05) is 34.8 Å². The molecule has 2 aromatic carbocycles. The molecule has 2 atom stereocenters. The van der Waals surface area contributed by atoms with E-state index in [0.717, 1.165) is 0 Å². The Balaban J connectivity index is 1.42. The number of pyridine rings is 2. The number of amides is 2. The molecule has 0 bridgehead atoms. The molecule has 0 radical (unpaired) electrons. The summed E-state index contributed by atoms with van der Waals surface area (Å²) >= 11 is 18.5. The van der Waals surface area contributed by atoms with E-state index in [4.69, 9.17) is 55.0 Å². The number of hydrogen-bond acceptors (Lipinski definition) is 7. The monoisotopic (exact) mass is 672 g/mol. The fraction of sp³-hybridized carbons (Fsp3) is 0.312. The molecule has 1 unspecified atom stereocenters. The maximum Gasteiger partial charge on any atom is 0.251 e. The van der Waals surface area contributed by atoms with Gasteiger partial charge in [0.1, 0.15) is 40.3 Å². The number of carbonyl (C=O) groups excluding carboxylic acids is 2. The van der Waals surface area contributed by atoms with E-state index in [9.17, 15) is 19.1 Å². The minimum Gasteiger partial charge on any atom is -0.494 e. The lowest BCUT2D eigenvalue weighted by molar-refractivity contribution is -0.123. The summed E-state index contributed by atoms with van der Waals surface area (Å²) < 4.78 is 25.7. The first-order valence-electron chi connectivity index (χ1n) is 14.1. The molecule has 0 spiro atoms. The van der Waals surface area contributed by atoms with Crippen molar-refractivity contribution in [3.05, 3.63) is 79.8 Å². The summed E-state index contributed by atoms with van der Waals surface area (Å²) in [4.78, 5) is 35.4. The number of rotatable bonds is 8. The van der Waals surface area contributed by atoms with Gasteiger partial charge >= 0.3 is 0 Å². The van der Waals surface area contributed by atoms with Crippen LogP contribution in [-0.2, 0) is 15.8 Å². The average Bonchev–Trinajstić information content (AvgIpc) is 3.81. The number of aliphatic hydroxyl groups is 1. The molecule has 9 nitrogen and oxygen atoms in total. The Kier molecular flexibility index (Phi) is 7.84. The van der Waals surface area contributed by atoms with E-state index in [1.54, 1.807) is 38.1 Å². The third-order valence-corrected chi connectivity index (χ3v) is 9.52. The number of fused-ring (bicyclic) bond motifs is 2. The van der Waals surface area contributed by atoms with Gasteiger partial charge in [-0.15, -0.1) is 0 Å². The fourth-order valence-electron chi connectivity index (χ4n) is 5.63. The topological polar surface area (TPSA) is 137 Å². The van der Waals surface area contributed by atoms with Gasteiger partial charge in [0.05, 0.1) is 40.1 Å². The van der Waals surface area contributed by atoms with Gasteiger partial charge in [0.25, 0.3) is 5.91 Å². The molecule has 1 saturated carbocycles. The summed E-state index contributed by atoms with van der Waals surface area (Å²) in [5.74, 6) is -1.54. The summed E-state index contributed by atoms with van der Waals surface area (Å²) in [5, 5.41) is 15.6. The van der Waals surface area contributed by atoms with Crippen molar-refractivity contribution < 1.29 is 28.6 Å². The number of nitrogens with one attached hydrogen (secondary N) is 1. The SMILES string of the molecule is COc1cc(C(=O)NCC(O)(c2cc3c(c(-c4cc(Cl)c(F)c(Cl)c4)n2)OC[C@]3(C)C(N)=O)C2CC2)cc2cc(Cl)c(C)nc12. The lowest BCUT2D eigenvalue weighted by atomic mass is 9.81. The molecular weight excluding hydrogens is 646 g/mol. The number of nitrogens with two attached hydrogens (primary N) is 1. The summed E-state index contributed by atoms with van der Waals surface area (Å²) in [6.07, 6.45) is 1.34. The van der Waals surface area contributed by atoms with Gasteiger partial charge in [0.2, 0.25) is 5.91 Å². The summed E-state index contributed by atoms with van der Waals surface area (Å²) in [6.45, 7) is 3.12. The van der Waals surface area contributed by atoms with E-state index in [1.807, 2.05) is 0 Å². The minimum absolute atomic E-state index is 0.0702. The molecule has 2 aromatic heterocycles. The van der Waals surface area contributed by atoms with Gasteiger partial charge < -0.3 is 25.6 Å². The molecule has 4 aromatic rings. The fourth-order valence-corrected chi connectivity index (χ4v) is 6.27. The minimum atomic E-state index is -1.66. The highest BCUT2D eigenvalue weighted by atomic mass is 35.5. The molecule has 1 aliphatic heterocycles. The number of halogens is 4. The van der Waals surface area contributed by atoms with Gasteiger partial charge in [-0.05, 0) is 69.0 Å². The molecule has 6 rings (SSSR count). The zero-order chi connectivity index (χ0) is 32.4. The first-order valence-corrected chi connectivity index (χ1v) is 15.2. The van der Waals surface area contributed by atoms with Crippen molar-refractivity contribution in [1.29, 1.82) is 0 Å². The Morgan fingerprint density at radius 1 is 1.13 bits per heavy atom. The van der Waals surface area contributed by atoms with Crippen molar-refractivity contribution in [3.63, 3.8) is 0 Å². The number of carbonyl (C=O) groups is 2. The van der Waals surface area contributed by atoms with Gasteiger partial charge in [-0.2, -0.15) is 0 Å². The zero-order valence-electron chi connectivity index (χ0n) is 24.4. The van der Waals surface area contributed by atoms with Crippen molar-refractivity contribution in [2.24, 2.45) is 11.7 Å². The normalized spacial score (nSPS) is 18.7. The Morgan fingerprint density at radius 2 is 1.82 bits per heavy atom. The van der Waals surface area contributed by atoms with Crippen LogP contribution in [0.3, 0.4) is 0 Å². The quantitative estimate of drug-likeness (QED) is 0.199. The van der Waals surface area contributed by atoms with Crippen LogP contribution in [0, 0.1) is 18.7 Å². The maximum absolute atomic E-state index is 14.3. The summed E-state index contributed by atoms with van der Waals surface area (Å²) in [6, 6.07) is 9.19. The third kappa shape index (κ3) is 5.33. The first-order chi connectivity index (χ1) is 21.3. The third-order valence-electron chi connectivity index (χ3n) is 8.58. The second-order valence-electron chi connectivity index (χ2n) is 11.7. The van der Waals surface area contributed by atoms with Crippen LogP contribution in [-0.4, -0.2) is 47.2 Å². The summed E-state index contributed by atoms with van der Waals surface area (Å²) in [7, 11) is 1.48. The Hall–Kier alpha value is -3.70. The average molecular weight is 674 g/mol. The number of aryl methyl sites for hydroxylation is 1. The van der Waals surface area contributed by atoms with Crippen LogP contribution in [0.5, 0.6) is 11.5 Å². The molecule has 2 aliphatic rings. The van der Waals surface area contributed by atoms with Gasteiger partial charge in [0, 0.05) is 22.1 Å². The second kappa shape index (κ2) is 11.3. The number of hydrogen-bond donors (Lipinski definition) is 3. The van der Waals surface area contributed by atoms with Crippen LogP contribution in [0.25, 0.3) is 22.2 Å². The second-order valence-corrected chi connectivity index (χ2v) is 12.9. The molecule has 234 valence electrons. The molecule has 0 saturated heterocycles. The van der Waals surface area contributed by atoms with Gasteiger partial charge in [0.15, 0.2) is 5.82 Å². The van der Waals surface area contributed by atoms with Gasteiger partial charge in [-0.3, -0.25) is 9.59 Å². The molecule has 45 heavy (non-hydrogen) atoms. The van der Waals surface area contributed by atoms with Crippen LogP contribution in [0.1, 0.15) is 47.1 Å². The van der Waals surface area contributed by atoms with E-state index >= 15 is 0 Å². The predicted molar refractivity (Wildman–Crippen MR) is 169 cm³/mol. The maximum atomic E-state index is 14.3. The van der Waals surface area contributed by atoms with Crippen molar-refractivity contribution in [1.82, 2.24) is 15.3 Å². The standard InChI is InChI=1S/C32H28Cl3FN4O5/c1-14-20(33)7-15-6-17(10-23(44-3)26(15)39-14)29(41)38-12-32(43,18-4-5-18)24-11-19-28(45-13-31(19,2)30(37)42)27(40-24)16-8-21(34)25(36)22(35)9-16/h6-11,18,43H,4-5,12-13H2,1-3H3,(H2,37,42)(H,38,41)/t31-,32?/m0/s1. The van der Waals surface area contributed by atoms with Crippen LogP contribution >= 0.6 is 34.8 Å². The number of nitrogens with zero attached hydrogens (tertiary/aromatic N) is 2. The number of benzene rings is 2. The van der Waals surface area contributed by atoms with E-state index in [2.05, 4.69) is 10.3 Å². The Morgan fingerprint density at radius 3 is 2.44 bits per heavy atom. The molecule has 13 heteroatoms. The molecular formula is C32H28Cl3FN4O5. The Bertz CT molecular complexity index is 1900. The largest absolute Gasteiger partial charge is 0.494 e. The van der Waals surface area contributed by atoms with E-state index in [0.29, 0.717) is 51.3 Å². The lowest BCUT2D eigenvalue weighted by Crippen LogP contribution is -2.44. The van der Waals surface area contributed by atoms with Crippen molar-refractivity contribution in [3.8, 4) is 22.8 Å². The number of aromatic nitrogens is 2. The van der Waals surface area contributed by atoms with Crippen molar-refractivity contribution in [2.75, 3.05) is 20.3 Å². The first kappa shape index (κ1) is 31.3. The highest BCUT2D eigenvalue weighted by Gasteiger charge is 2.50. The van der Waals surface area contributed by atoms with E-state index in [-0.39, 0.29) is 51.8 Å². The van der Waals surface area contributed by atoms with Crippen LogP contribution in [0.4, 0.5) is 4.39 Å². The van der Waals surface area contributed by atoms with Crippen molar-refractivity contribution >= 4 is 57.5 Å². The highest BCUT2D eigenvalue weighted by molar-refractivity contribution is 6.35. The van der Waals surface area contributed by atoms with Crippen molar-refractivity contribution in [2.45, 2.75) is 37.7 Å². The van der Waals surface area contributed by atoms with E-state index < -0.39 is 28.6 Å². The smallest absolute Gasteiger partial charge is 0.251 e. The highest BCUT2D eigenvalue weighted by Crippen LogP contribution is 2.50. The molecule has 1 fully saturated rings. The van der Waals surface area contributed by atoms with E-state index in [1.165, 1.54) is 19.2 Å². The Labute approximate surface area is 272 Å². The number of ether oxygens (including phenoxy) is 2. The number of methoxy groups -OCH3 is 1. The molecule has 3 heterocycles. The van der Waals surface area contributed by atoms with Crippen LogP contribution < -0.4 is 20.5 Å². The molecule has 4 N–H and O–H groups in total. The lowest BCUT2D eigenvalue weighted by Gasteiger charge is -2.30. The molecule has 1 aliphatic carbocycles. The zero-order valence-corrected chi connectivity index (χ0v) is 26.7. The summed E-state index contributed by atoms with van der Waals surface area (Å²) in [5.41, 5.74) is 5.43. The number of primary amides is 1.